The Hall–Kier alpha value is -3.25. The predicted octanol–water partition coefficient (Wildman–Crippen LogP) is 2.18. The van der Waals surface area contributed by atoms with Crippen LogP contribution in [0.5, 0.6) is 5.75 Å². The molecule has 41 heavy (non-hydrogen) atoms. The summed E-state index contributed by atoms with van der Waals surface area (Å²) < 4.78 is 27.0. The van der Waals surface area contributed by atoms with Crippen molar-refractivity contribution in [2.75, 3.05) is 103 Å². The van der Waals surface area contributed by atoms with Gasteiger partial charge in [-0.05, 0) is 31.3 Å². The van der Waals surface area contributed by atoms with Crippen LogP contribution in [-0.4, -0.2) is 119 Å². The van der Waals surface area contributed by atoms with Crippen molar-refractivity contribution in [2.45, 2.75) is 6.42 Å². The second-order valence-corrected chi connectivity index (χ2v) is 9.91. The number of urea groups is 1. The van der Waals surface area contributed by atoms with E-state index < -0.39 is 6.03 Å². The fourth-order valence-corrected chi connectivity index (χ4v) is 4.38. The highest BCUT2D eigenvalue weighted by Crippen LogP contribution is 2.19. The number of hydrogen-bond acceptors (Lipinski definition) is 10. The van der Waals surface area contributed by atoms with E-state index in [-0.39, 0.29) is 12.3 Å². The number of nitrogens with one attached hydrogen (secondary N) is 2. The molecule has 2 aromatic rings. The first-order valence-corrected chi connectivity index (χ1v) is 14.4. The number of benzene rings is 1. The van der Waals surface area contributed by atoms with Gasteiger partial charge < -0.3 is 38.8 Å². The number of piperazine rings is 1. The fourth-order valence-electron chi connectivity index (χ4n) is 3.67. The van der Waals surface area contributed by atoms with Crippen molar-refractivity contribution in [2.24, 2.45) is 0 Å². The molecule has 1 aliphatic heterocycles. The van der Waals surface area contributed by atoms with Gasteiger partial charge in [-0.3, -0.25) is 10.1 Å². The molecule has 0 bridgehead atoms. The Morgan fingerprint density at radius 2 is 1.51 bits per heavy atom. The minimum Gasteiger partial charge on any atom is -0.491 e. The van der Waals surface area contributed by atoms with Crippen molar-refractivity contribution in [3.05, 3.63) is 35.3 Å². The lowest BCUT2D eigenvalue weighted by molar-refractivity contribution is -0.132. The molecule has 1 fully saturated rings. The molecule has 2 N–H and O–H groups in total. The summed E-state index contributed by atoms with van der Waals surface area (Å²) in [5.74, 6) is 3.11. The van der Waals surface area contributed by atoms with Gasteiger partial charge in [0.2, 0.25) is 5.91 Å². The second kappa shape index (κ2) is 19.0. The summed E-state index contributed by atoms with van der Waals surface area (Å²) in [5.41, 5.74) is 1.26. The van der Waals surface area contributed by atoms with Gasteiger partial charge in [0, 0.05) is 37.2 Å². The van der Waals surface area contributed by atoms with Crippen LogP contribution in [0.3, 0.4) is 0 Å². The number of likely N-dealkylation sites (N-methyl/N-ethyl adjacent to an activating group) is 1. The highest BCUT2D eigenvalue weighted by atomic mass is 32.1. The molecule has 1 aromatic carbocycles. The predicted molar refractivity (Wildman–Crippen MR) is 157 cm³/mol. The Morgan fingerprint density at radius 1 is 0.902 bits per heavy atom. The molecule has 12 nitrogen and oxygen atoms in total. The lowest BCUT2D eigenvalue weighted by atomic mass is 10.2. The summed E-state index contributed by atoms with van der Waals surface area (Å²) in [7, 11) is 2.05. The number of aromatic nitrogens is 1. The zero-order chi connectivity index (χ0) is 29.1. The van der Waals surface area contributed by atoms with Gasteiger partial charge in [-0.2, -0.15) is 0 Å². The lowest BCUT2D eigenvalue weighted by Crippen LogP contribution is -2.47. The van der Waals surface area contributed by atoms with Crippen molar-refractivity contribution >= 4 is 34.1 Å². The Morgan fingerprint density at radius 3 is 2.15 bits per heavy atom. The van der Waals surface area contributed by atoms with Gasteiger partial charge >= 0.3 is 6.03 Å². The second-order valence-electron chi connectivity index (χ2n) is 9.05. The van der Waals surface area contributed by atoms with Gasteiger partial charge in [-0.25, -0.2) is 9.78 Å². The van der Waals surface area contributed by atoms with E-state index in [0.717, 1.165) is 26.2 Å². The highest BCUT2D eigenvalue weighted by molar-refractivity contribution is 7.14. The molecule has 0 saturated carbocycles. The van der Waals surface area contributed by atoms with Crippen molar-refractivity contribution < 1.29 is 33.3 Å². The number of carbonyl (C=O) groups excluding carboxylic acids is 2. The van der Waals surface area contributed by atoms with Gasteiger partial charge in [0.1, 0.15) is 19.0 Å². The van der Waals surface area contributed by atoms with E-state index in [1.807, 2.05) is 11.9 Å². The summed E-state index contributed by atoms with van der Waals surface area (Å²) >= 11 is 1.29. The number of carbonyl (C=O) groups is 2. The molecule has 0 spiro atoms. The maximum Gasteiger partial charge on any atom is 0.325 e. The van der Waals surface area contributed by atoms with Crippen LogP contribution in [-0.2, 0) is 30.2 Å². The third-order valence-corrected chi connectivity index (χ3v) is 6.68. The first-order valence-electron chi connectivity index (χ1n) is 13.5. The quantitative estimate of drug-likeness (QED) is 0.199. The van der Waals surface area contributed by atoms with E-state index in [2.05, 4.69) is 26.4 Å². The minimum atomic E-state index is -0.416. The molecule has 0 radical (unpaired) electrons. The molecular weight excluding hydrogens is 550 g/mol. The Bertz CT molecular complexity index is 1080. The first-order chi connectivity index (χ1) is 20.0. The standard InChI is InChI=1S/C28H39N5O7S/c1-3-12-36-13-14-37-15-16-38-17-18-39-19-20-40-25-6-4-23(5-7-25)29-27(35)31-28-30-24(22-41-28)21-26(34)33-10-8-32(2)9-11-33/h1,4-7,22H,8-21H2,2H3,(H2,29,30,31,35). The van der Waals surface area contributed by atoms with E-state index in [9.17, 15) is 9.59 Å². The topological polar surface area (TPSA) is 124 Å². The first kappa shape index (κ1) is 32.3. The molecular formula is C28H39N5O7S. The maximum absolute atomic E-state index is 12.5. The average Bonchev–Trinajstić information content (AvgIpc) is 3.40. The van der Waals surface area contributed by atoms with E-state index in [4.69, 9.17) is 30.1 Å². The molecule has 13 heteroatoms. The third kappa shape index (κ3) is 13.3. The van der Waals surface area contributed by atoms with E-state index >= 15 is 0 Å². The number of ether oxygens (including phenoxy) is 5. The average molecular weight is 590 g/mol. The van der Waals surface area contributed by atoms with Crippen LogP contribution in [0.1, 0.15) is 5.69 Å². The number of anilines is 2. The molecule has 1 saturated heterocycles. The van der Waals surface area contributed by atoms with E-state index in [1.165, 1.54) is 11.3 Å². The molecule has 3 rings (SSSR count). The monoisotopic (exact) mass is 589 g/mol. The van der Waals surface area contributed by atoms with Gasteiger partial charge in [0.05, 0.1) is 58.4 Å². The molecule has 1 aliphatic rings. The zero-order valence-corrected chi connectivity index (χ0v) is 24.3. The molecule has 224 valence electrons. The largest absolute Gasteiger partial charge is 0.491 e. The van der Waals surface area contributed by atoms with Crippen LogP contribution in [0.25, 0.3) is 0 Å². The Kier molecular flexibility index (Phi) is 14.9. The van der Waals surface area contributed by atoms with E-state index in [1.54, 1.807) is 29.6 Å². The molecule has 2 heterocycles. The van der Waals surface area contributed by atoms with Crippen molar-refractivity contribution in [3.8, 4) is 18.1 Å². The SMILES string of the molecule is C#CCOCCOCCOCCOCCOc1ccc(NC(=O)Nc2nc(CC(=O)N3CCN(C)CC3)cs2)cc1. The smallest absolute Gasteiger partial charge is 0.325 e. The van der Waals surface area contributed by atoms with Crippen molar-refractivity contribution in [1.29, 1.82) is 0 Å². The fraction of sp³-hybridized carbons (Fsp3) is 0.536. The molecule has 0 unspecified atom stereocenters. The van der Waals surface area contributed by atoms with Crippen molar-refractivity contribution in [1.82, 2.24) is 14.8 Å². The summed E-state index contributed by atoms with van der Waals surface area (Å²) in [6.07, 6.45) is 5.31. The number of nitrogens with zero attached hydrogens (tertiary/aromatic N) is 3. The van der Waals surface area contributed by atoms with Gasteiger partial charge in [0.25, 0.3) is 0 Å². The van der Waals surface area contributed by atoms with E-state index in [0.29, 0.717) is 81.7 Å². The van der Waals surface area contributed by atoms with Crippen molar-refractivity contribution in [3.63, 3.8) is 0 Å². The van der Waals surface area contributed by atoms with Gasteiger partial charge in [-0.1, -0.05) is 5.92 Å². The number of rotatable bonds is 18. The van der Waals surface area contributed by atoms with Crippen LogP contribution < -0.4 is 15.4 Å². The van der Waals surface area contributed by atoms with Crippen LogP contribution in [0.15, 0.2) is 29.6 Å². The molecule has 1 aromatic heterocycles. The number of hydrogen-bond donors (Lipinski definition) is 2. The highest BCUT2D eigenvalue weighted by Gasteiger charge is 2.20. The number of thiazole rings is 1. The maximum atomic E-state index is 12.5. The summed E-state index contributed by atoms with van der Waals surface area (Å²) in [6, 6.07) is 6.61. The third-order valence-electron chi connectivity index (χ3n) is 5.87. The van der Waals surface area contributed by atoms with Gasteiger partial charge in [0.15, 0.2) is 5.13 Å². The van der Waals surface area contributed by atoms with Crippen LogP contribution in [0, 0.1) is 12.3 Å². The Balaban J connectivity index is 1.22. The number of amides is 3. The summed E-state index contributed by atoms with van der Waals surface area (Å²) in [5, 5.41) is 7.71. The lowest BCUT2D eigenvalue weighted by Gasteiger charge is -2.32. The number of terminal acetylenes is 1. The molecule has 0 aliphatic carbocycles. The van der Waals surface area contributed by atoms with Crippen LogP contribution in [0.4, 0.5) is 15.6 Å². The minimum absolute atomic E-state index is 0.0548. The normalized spacial score (nSPS) is 13.5. The molecule has 0 atom stereocenters. The van der Waals surface area contributed by atoms with Crippen LogP contribution >= 0.6 is 11.3 Å². The Labute approximate surface area is 245 Å². The summed E-state index contributed by atoms with van der Waals surface area (Å²) in [6.45, 7) is 7.15. The van der Waals surface area contributed by atoms with Crippen LogP contribution in [0.2, 0.25) is 0 Å². The zero-order valence-electron chi connectivity index (χ0n) is 23.5. The summed E-state index contributed by atoms with van der Waals surface area (Å²) in [4.78, 5) is 33.3. The van der Waals surface area contributed by atoms with Gasteiger partial charge in [-0.15, -0.1) is 17.8 Å². The molecule has 3 amide bonds.